The second-order valence-corrected chi connectivity index (χ2v) is 19.7. The van der Waals surface area contributed by atoms with E-state index in [2.05, 4.69) is 67.7 Å². The number of rotatable bonds is 5. The van der Waals surface area contributed by atoms with Crippen LogP contribution in [-0.4, -0.2) is 27.3 Å². The van der Waals surface area contributed by atoms with E-state index < -0.39 is 0 Å². The summed E-state index contributed by atoms with van der Waals surface area (Å²) in [6, 6.07) is 0. The molecule has 0 aromatic rings. The van der Waals surface area contributed by atoms with Gasteiger partial charge < -0.3 is 14.9 Å². The van der Waals surface area contributed by atoms with Crippen molar-refractivity contribution in [1.29, 1.82) is 0 Å². The first-order chi connectivity index (χ1) is 17.1. The van der Waals surface area contributed by atoms with Crippen molar-refractivity contribution >= 4 is 15.8 Å². The molecule has 0 unspecified atom stereocenters. The Morgan fingerprint density at radius 2 is 0.974 bits per heavy atom. The van der Waals surface area contributed by atoms with Crippen molar-refractivity contribution in [3.63, 3.8) is 0 Å². The van der Waals surface area contributed by atoms with Crippen molar-refractivity contribution in [3.05, 3.63) is 77.8 Å². The first-order valence-corrected chi connectivity index (χ1v) is 18.0. The first kappa shape index (κ1) is 42.5. The molecule has 0 bridgehead atoms. The van der Waals surface area contributed by atoms with Crippen LogP contribution in [-0.2, 0) is 17.1 Å². The van der Waals surface area contributed by atoms with E-state index in [0.717, 1.165) is 11.3 Å². The Bertz CT molecular complexity index is 522. The Morgan fingerprint density at radius 1 is 0.615 bits per heavy atom. The number of hydrogen-bond donors (Lipinski definition) is 0. The zero-order chi connectivity index (χ0) is 26.8. The largest absolute Gasteiger partial charge is 2.00 e. The van der Waals surface area contributed by atoms with Gasteiger partial charge in [0.1, 0.15) is 0 Å². The molecule has 10 radical (unpaired) electrons. The standard InChI is InChI=1S/C27H47P2.C5H5.C2H6.2CH3.Fe/c1-21(29(26(2,3)4)27(5,6)7)24-19-14-20-25(24)28(22-15-10-8-11-16-22)23-17-12-9-13-18-23;1-2-4-5-3-1;1-2;;;/h14,19-23H,8-13,15-18H2,1-7H3;1-5H;1-2H3;2*1H3;/q;;;2*-1;+2/t21-;;;;;/m1...../s1. The third-order valence-corrected chi connectivity index (χ3v) is 15.4. The molecule has 0 saturated heterocycles. The average molecular weight is 615 g/mol. The fraction of sp³-hybridized carbons (Fsp3) is 0.667. The summed E-state index contributed by atoms with van der Waals surface area (Å²) in [4.78, 5) is 0. The summed E-state index contributed by atoms with van der Waals surface area (Å²) in [6.07, 6.45) is 32.5. The molecule has 4 aliphatic rings. The van der Waals surface area contributed by atoms with Gasteiger partial charge in [-0.2, -0.15) is 0 Å². The molecule has 0 aromatic heterocycles. The minimum atomic E-state index is -0.120. The van der Waals surface area contributed by atoms with Crippen molar-refractivity contribution < 1.29 is 17.1 Å². The van der Waals surface area contributed by atoms with E-state index in [1.54, 1.807) is 5.92 Å². The van der Waals surface area contributed by atoms with Crippen molar-refractivity contribution in [2.75, 3.05) is 0 Å². The summed E-state index contributed by atoms with van der Waals surface area (Å²) in [6.45, 7) is 21.5. The van der Waals surface area contributed by atoms with Gasteiger partial charge in [-0.15, -0.1) is 0 Å². The molecule has 0 aliphatic heterocycles. The molecule has 3 heteroatoms. The Hall–Kier alpha value is 1.38. The Morgan fingerprint density at radius 3 is 1.31 bits per heavy atom. The van der Waals surface area contributed by atoms with Crippen molar-refractivity contribution in [2.24, 2.45) is 0 Å². The van der Waals surface area contributed by atoms with E-state index in [1.807, 2.05) is 51.6 Å². The van der Waals surface area contributed by atoms with Gasteiger partial charge >= 0.3 is 17.1 Å². The fourth-order valence-electron chi connectivity index (χ4n) is 7.05. The molecule has 0 amide bonds. The normalized spacial score (nSPS) is 22.5. The molecular formula is C36H64FeP2. The monoisotopic (exact) mass is 614 g/mol. The SMILES string of the molecule is CC.C[C@H]([C]1[CH][CH][CH][C]1P(C1CCCCC1)C1CCCCC1)P(C(C)(C)C)C(C)(C)C.[CH3-].[CH3-].[CH]1[CH][CH][CH][CH]1.[Fe+2]. The summed E-state index contributed by atoms with van der Waals surface area (Å²) >= 11 is 0. The molecule has 0 spiro atoms. The van der Waals surface area contributed by atoms with Crippen LogP contribution in [0.2, 0.25) is 0 Å². The van der Waals surface area contributed by atoms with Gasteiger partial charge in [0, 0.05) is 5.66 Å². The van der Waals surface area contributed by atoms with Crippen molar-refractivity contribution in [3.8, 4) is 0 Å². The van der Waals surface area contributed by atoms with E-state index >= 15 is 0 Å². The smallest absolute Gasteiger partial charge is 0.358 e. The maximum absolute atomic E-state index is 2.58. The van der Waals surface area contributed by atoms with Gasteiger partial charge in [0.05, 0.1) is 0 Å². The predicted octanol–water partition coefficient (Wildman–Crippen LogP) is 12.3. The van der Waals surface area contributed by atoms with Gasteiger partial charge in [0.15, 0.2) is 0 Å². The van der Waals surface area contributed by atoms with Crippen LogP contribution in [0.3, 0.4) is 0 Å². The molecule has 1 atom stereocenters. The van der Waals surface area contributed by atoms with E-state index in [4.69, 9.17) is 0 Å². The van der Waals surface area contributed by atoms with Crippen LogP contribution < -0.4 is 0 Å². The summed E-state index contributed by atoms with van der Waals surface area (Å²) in [7, 11) is -0.114. The van der Waals surface area contributed by atoms with Gasteiger partial charge in [-0.3, -0.25) is 0 Å². The van der Waals surface area contributed by atoms with Crippen LogP contribution in [0.5, 0.6) is 0 Å². The van der Waals surface area contributed by atoms with E-state index in [9.17, 15) is 0 Å². The molecule has 4 aliphatic carbocycles. The minimum Gasteiger partial charge on any atom is -0.358 e. The quantitative estimate of drug-likeness (QED) is 0.164. The van der Waals surface area contributed by atoms with E-state index in [0.29, 0.717) is 16.0 Å². The zero-order valence-electron chi connectivity index (χ0n) is 27.7. The summed E-state index contributed by atoms with van der Waals surface area (Å²) < 4.78 is 0. The molecule has 0 heterocycles. The van der Waals surface area contributed by atoms with Crippen LogP contribution in [0, 0.1) is 77.8 Å². The third-order valence-electron chi connectivity index (χ3n) is 7.88. The molecule has 226 valence electrons. The van der Waals surface area contributed by atoms with Crippen LogP contribution in [0.4, 0.5) is 0 Å². The molecular weight excluding hydrogens is 550 g/mol. The summed E-state index contributed by atoms with van der Waals surface area (Å²) in [5.74, 6) is 1.75. The van der Waals surface area contributed by atoms with Gasteiger partial charge in [0.25, 0.3) is 0 Å². The summed E-state index contributed by atoms with van der Waals surface area (Å²) in [5.41, 5.74) is 4.55. The summed E-state index contributed by atoms with van der Waals surface area (Å²) in [5, 5.41) is 0.778. The van der Waals surface area contributed by atoms with Crippen LogP contribution in [0.1, 0.15) is 127 Å². The molecule has 0 N–H and O–H groups in total. The van der Waals surface area contributed by atoms with Crippen molar-refractivity contribution in [2.45, 2.75) is 154 Å². The first-order valence-electron chi connectivity index (χ1n) is 15.1. The maximum atomic E-state index is 2.58. The molecule has 4 fully saturated rings. The Kier molecular flexibility index (Phi) is 23.0. The Labute approximate surface area is 263 Å². The second-order valence-electron chi connectivity index (χ2n) is 12.7. The topological polar surface area (TPSA) is 0 Å². The van der Waals surface area contributed by atoms with E-state index in [1.165, 1.54) is 64.2 Å². The third kappa shape index (κ3) is 13.3. The maximum Gasteiger partial charge on any atom is 2.00 e. The second kappa shape index (κ2) is 21.1. The van der Waals surface area contributed by atoms with E-state index in [-0.39, 0.29) is 47.8 Å². The van der Waals surface area contributed by atoms with Gasteiger partial charge in [-0.05, 0) is 110 Å². The van der Waals surface area contributed by atoms with Crippen LogP contribution in [0.15, 0.2) is 0 Å². The van der Waals surface area contributed by atoms with Gasteiger partial charge in [-0.25, -0.2) is 0 Å². The van der Waals surface area contributed by atoms with Crippen LogP contribution >= 0.6 is 15.8 Å². The minimum absolute atomic E-state index is 0. The Balaban J connectivity index is 0. The molecule has 4 saturated carbocycles. The molecule has 39 heavy (non-hydrogen) atoms. The molecule has 0 aromatic carbocycles. The average Bonchev–Trinajstić information content (AvgIpc) is 3.56. The predicted molar refractivity (Wildman–Crippen MR) is 182 cm³/mol. The molecule has 0 nitrogen and oxygen atoms in total. The van der Waals surface area contributed by atoms with Crippen LogP contribution in [0.25, 0.3) is 0 Å². The van der Waals surface area contributed by atoms with Gasteiger partial charge in [0.2, 0.25) is 0 Å². The zero-order valence-corrected chi connectivity index (χ0v) is 30.6. The number of hydrogen-bond acceptors (Lipinski definition) is 0. The fourth-order valence-corrected chi connectivity index (χ4v) is 16.0. The van der Waals surface area contributed by atoms with Crippen molar-refractivity contribution in [1.82, 2.24) is 0 Å². The molecule has 4 rings (SSSR count). The van der Waals surface area contributed by atoms with Gasteiger partial charge in [-0.1, -0.05) is 117 Å².